The van der Waals surface area contributed by atoms with Crippen molar-refractivity contribution in [3.63, 3.8) is 0 Å². The van der Waals surface area contributed by atoms with Gasteiger partial charge in [0.2, 0.25) is 0 Å². The van der Waals surface area contributed by atoms with E-state index in [0.717, 1.165) is 21.1 Å². The molecule has 2 heterocycles. The predicted molar refractivity (Wildman–Crippen MR) is 61.5 cm³/mol. The second-order valence-electron chi connectivity index (χ2n) is 2.91. The summed E-state index contributed by atoms with van der Waals surface area (Å²) in [5.41, 5.74) is 13.0. The first kappa shape index (κ1) is 9.42. The van der Waals surface area contributed by atoms with Gasteiger partial charge >= 0.3 is 0 Å². The van der Waals surface area contributed by atoms with Gasteiger partial charge in [-0.25, -0.2) is 9.97 Å². The molecule has 0 radical (unpaired) electrons. The van der Waals surface area contributed by atoms with Crippen molar-refractivity contribution in [2.24, 2.45) is 0 Å². The molecule has 74 valence electrons. The lowest BCUT2D eigenvalue weighted by atomic mass is 10.2. The van der Waals surface area contributed by atoms with Crippen molar-refractivity contribution in [1.29, 1.82) is 0 Å². The van der Waals surface area contributed by atoms with Gasteiger partial charge in [-0.15, -0.1) is 22.7 Å². The highest BCUT2D eigenvalue weighted by atomic mass is 32.1. The number of nitrogen functional groups attached to an aromatic ring is 2. The van der Waals surface area contributed by atoms with Crippen molar-refractivity contribution < 1.29 is 0 Å². The van der Waals surface area contributed by atoms with Gasteiger partial charge in [0.1, 0.15) is 11.4 Å². The number of nitrogens with zero attached hydrogens (tertiary/aromatic N) is 2. The van der Waals surface area contributed by atoms with E-state index in [1.54, 1.807) is 0 Å². The minimum absolute atomic E-state index is 0.573. The summed E-state index contributed by atoms with van der Waals surface area (Å²) in [7, 11) is 0. The fourth-order valence-electron chi connectivity index (χ4n) is 1.27. The van der Waals surface area contributed by atoms with Crippen LogP contribution in [0.15, 0.2) is 0 Å². The van der Waals surface area contributed by atoms with E-state index in [4.69, 9.17) is 11.5 Å². The summed E-state index contributed by atoms with van der Waals surface area (Å²) >= 11 is 2.94. The first-order valence-corrected chi connectivity index (χ1v) is 5.67. The first-order valence-electron chi connectivity index (χ1n) is 4.04. The lowest BCUT2D eigenvalue weighted by molar-refractivity contribution is 1.29. The summed E-state index contributed by atoms with van der Waals surface area (Å²) in [6.45, 7) is 3.97. The standard InChI is InChI=1S/C8H10N4S2/c1-3-5(11-7(9)13-3)6-4(2)14-8(10)12-6/h1-2H3,(H2,9,11)(H2,10,12). The van der Waals surface area contributed by atoms with Crippen molar-refractivity contribution in [3.05, 3.63) is 9.75 Å². The molecule has 0 atom stereocenters. The molecule has 0 saturated carbocycles. The zero-order chi connectivity index (χ0) is 10.3. The largest absolute Gasteiger partial charge is 0.375 e. The Hall–Kier alpha value is -1.14. The second-order valence-corrected chi connectivity index (χ2v) is 5.38. The number of hydrogen-bond acceptors (Lipinski definition) is 6. The number of aromatic nitrogens is 2. The van der Waals surface area contributed by atoms with Crippen LogP contribution >= 0.6 is 22.7 Å². The molecule has 6 heteroatoms. The highest BCUT2D eigenvalue weighted by Crippen LogP contribution is 2.33. The van der Waals surface area contributed by atoms with E-state index in [0.29, 0.717) is 10.3 Å². The summed E-state index contributed by atoms with van der Waals surface area (Å²) in [4.78, 5) is 10.6. The van der Waals surface area contributed by atoms with Crippen LogP contribution in [0.1, 0.15) is 9.75 Å². The number of thiazole rings is 2. The van der Waals surface area contributed by atoms with Gasteiger partial charge in [0.25, 0.3) is 0 Å². The van der Waals surface area contributed by atoms with Gasteiger partial charge in [-0.05, 0) is 13.8 Å². The Morgan fingerprint density at radius 2 is 1.21 bits per heavy atom. The number of anilines is 2. The van der Waals surface area contributed by atoms with Gasteiger partial charge < -0.3 is 11.5 Å². The normalized spacial score (nSPS) is 10.7. The Morgan fingerprint density at radius 3 is 1.43 bits per heavy atom. The molecule has 14 heavy (non-hydrogen) atoms. The molecule has 0 aliphatic heterocycles. The molecule has 2 rings (SSSR count). The van der Waals surface area contributed by atoms with Gasteiger partial charge in [-0.3, -0.25) is 0 Å². The average molecular weight is 226 g/mol. The number of hydrogen-bond donors (Lipinski definition) is 2. The summed E-state index contributed by atoms with van der Waals surface area (Å²) in [6.07, 6.45) is 0. The molecule has 2 aromatic heterocycles. The van der Waals surface area contributed by atoms with Crippen molar-refractivity contribution in [2.75, 3.05) is 11.5 Å². The van der Waals surface area contributed by atoms with E-state index >= 15 is 0 Å². The highest BCUT2D eigenvalue weighted by Gasteiger charge is 2.14. The molecule has 0 spiro atoms. The highest BCUT2D eigenvalue weighted by molar-refractivity contribution is 7.16. The lowest BCUT2D eigenvalue weighted by Gasteiger charge is -1.93. The third-order valence-corrected chi connectivity index (χ3v) is 3.45. The van der Waals surface area contributed by atoms with Gasteiger partial charge in [-0.1, -0.05) is 0 Å². The van der Waals surface area contributed by atoms with Crippen LogP contribution in [0.2, 0.25) is 0 Å². The minimum Gasteiger partial charge on any atom is -0.375 e. The first-order chi connectivity index (χ1) is 6.58. The maximum Gasteiger partial charge on any atom is 0.180 e. The van der Waals surface area contributed by atoms with Gasteiger partial charge in [0, 0.05) is 9.75 Å². The molecule has 0 aromatic carbocycles. The Kier molecular flexibility index (Phi) is 2.16. The molecule has 0 bridgehead atoms. The van der Waals surface area contributed by atoms with Crippen LogP contribution in [-0.4, -0.2) is 9.97 Å². The van der Waals surface area contributed by atoms with Crippen LogP contribution in [0.3, 0.4) is 0 Å². The maximum atomic E-state index is 5.63. The fraction of sp³-hybridized carbons (Fsp3) is 0.250. The summed E-state index contributed by atoms with van der Waals surface area (Å²) in [5, 5.41) is 1.15. The smallest absolute Gasteiger partial charge is 0.180 e. The third-order valence-electron chi connectivity index (χ3n) is 1.85. The van der Waals surface area contributed by atoms with E-state index in [1.807, 2.05) is 13.8 Å². The van der Waals surface area contributed by atoms with E-state index in [9.17, 15) is 0 Å². The van der Waals surface area contributed by atoms with E-state index < -0.39 is 0 Å². The zero-order valence-electron chi connectivity index (χ0n) is 7.87. The fourth-order valence-corrected chi connectivity index (χ4v) is 2.65. The van der Waals surface area contributed by atoms with Gasteiger partial charge in [0.05, 0.1) is 0 Å². The molecule has 0 aliphatic rings. The van der Waals surface area contributed by atoms with Crippen molar-refractivity contribution in [1.82, 2.24) is 9.97 Å². The van der Waals surface area contributed by atoms with Crippen LogP contribution in [0, 0.1) is 13.8 Å². The number of aryl methyl sites for hydroxylation is 2. The molecule has 0 fully saturated rings. The molecule has 4 N–H and O–H groups in total. The van der Waals surface area contributed by atoms with Crippen molar-refractivity contribution >= 4 is 32.9 Å². The SMILES string of the molecule is Cc1sc(N)nc1-c1nc(N)sc1C. The van der Waals surface area contributed by atoms with E-state index in [2.05, 4.69) is 9.97 Å². The molecule has 0 amide bonds. The van der Waals surface area contributed by atoms with Gasteiger partial charge in [0.15, 0.2) is 10.3 Å². The second kappa shape index (κ2) is 3.21. The Morgan fingerprint density at radius 1 is 0.857 bits per heavy atom. The maximum absolute atomic E-state index is 5.63. The predicted octanol–water partition coefficient (Wildman–Crippen LogP) is 2.05. The summed E-state index contributed by atoms with van der Waals surface area (Å²) < 4.78 is 0. The quantitative estimate of drug-likeness (QED) is 0.780. The van der Waals surface area contributed by atoms with E-state index in [1.165, 1.54) is 22.7 Å². The van der Waals surface area contributed by atoms with Crippen molar-refractivity contribution in [3.8, 4) is 11.4 Å². The van der Waals surface area contributed by atoms with Crippen LogP contribution in [0.4, 0.5) is 10.3 Å². The number of rotatable bonds is 1. The molecular weight excluding hydrogens is 216 g/mol. The van der Waals surface area contributed by atoms with Crippen LogP contribution in [0.5, 0.6) is 0 Å². The molecule has 0 saturated heterocycles. The van der Waals surface area contributed by atoms with Crippen molar-refractivity contribution in [2.45, 2.75) is 13.8 Å². The Bertz CT molecular complexity index is 427. The molecule has 0 unspecified atom stereocenters. The Balaban J connectivity index is 2.59. The van der Waals surface area contributed by atoms with Crippen LogP contribution in [-0.2, 0) is 0 Å². The van der Waals surface area contributed by atoms with E-state index in [-0.39, 0.29) is 0 Å². The topological polar surface area (TPSA) is 77.8 Å². The monoisotopic (exact) mass is 226 g/mol. The minimum atomic E-state index is 0.573. The molecular formula is C8H10N4S2. The van der Waals surface area contributed by atoms with Crippen LogP contribution in [0.25, 0.3) is 11.4 Å². The van der Waals surface area contributed by atoms with Gasteiger partial charge in [-0.2, -0.15) is 0 Å². The zero-order valence-corrected chi connectivity index (χ0v) is 9.50. The average Bonchev–Trinajstić information content (AvgIpc) is 2.55. The third kappa shape index (κ3) is 1.46. The molecule has 0 aliphatic carbocycles. The molecule has 4 nitrogen and oxygen atoms in total. The summed E-state index contributed by atoms with van der Waals surface area (Å²) in [6, 6.07) is 0. The van der Waals surface area contributed by atoms with Crippen LogP contribution < -0.4 is 11.5 Å². The Labute approximate surface area is 89.6 Å². The summed E-state index contributed by atoms with van der Waals surface area (Å²) in [5.74, 6) is 0. The number of nitrogens with two attached hydrogens (primary N) is 2. The molecule has 2 aromatic rings. The lowest BCUT2D eigenvalue weighted by Crippen LogP contribution is -1.87.